The van der Waals surface area contributed by atoms with Gasteiger partial charge in [0.1, 0.15) is 5.69 Å². The second-order valence-electron chi connectivity index (χ2n) is 8.22. The molecule has 4 rings (SSSR count). The van der Waals surface area contributed by atoms with E-state index in [1.165, 1.54) is 4.57 Å². The van der Waals surface area contributed by atoms with Crippen LogP contribution in [0.4, 0.5) is 8.78 Å². The number of carbonyl (C=O) groups excluding carboxylic acids is 1. The highest BCUT2D eigenvalue weighted by atomic mass is 19.3. The smallest absolute Gasteiger partial charge is 0.291 e. The minimum absolute atomic E-state index is 0.0318. The third-order valence-corrected chi connectivity index (χ3v) is 5.82. The Morgan fingerprint density at radius 2 is 1.74 bits per heavy atom. The summed E-state index contributed by atoms with van der Waals surface area (Å²) in [5.74, 6) is -0.0594. The van der Waals surface area contributed by atoms with Crippen molar-refractivity contribution >= 4 is 5.91 Å². The Morgan fingerprint density at radius 1 is 1.03 bits per heavy atom. The molecule has 0 amide bonds. The molecule has 0 spiro atoms. The Kier molecular flexibility index (Phi) is 7.28. The molecule has 4 aromatic rings. The molecule has 2 aromatic carbocycles. The Bertz CT molecular complexity index is 1360. The van der Waals surface area contributed by atoms with Gasteiger partial charge in [0.15, 0.2) is 5.82 Å². The Hall–Kier alpha value is -3.95. The number of tetrazole rings is 1. The van der Waals surface area contributed by atoms with Gasteiger partial charge in [0.25, 0.3) is 6.43 Å². The fourth-order valence-electron chi connectivity index (χ4n) is 4.25. The zero-order valence-corrected chi connectivity index (χ0v) is 19.5. The van der Waals surface area contributed by atoms with E-state index in [-0.39, 0.29) is 25.1 Å². The summed E-state index contributed by atoms with van der Waals surface area (Å²) in [4.78, 5) is 25.7. The van der Waals surface area contributed by atoms with Gasteiger partial charge in [-0.1, -0.05) is 68.8 Å². The highest BCUT2D eigenvalue weighted by Gasteiger charge is 2.28. The van der Waals surface area contributed by atoms with Crippen molar-refractivity contribution in [2.45, 2.75) is 52.5 Å². The first-order chi connectivity index (χ1) is 17.0. The lowest BCUT2D eigenvalue weighted by Crippen LogP contribution is -2.30. The van der Waals surface area contributed by atoms with Gasteiger partial charge in [-0.25, -0.2) is 23.2 Å². The maximum Gasteiger partial charge on any atom is 0.335 e. The maximum atomic E-state index is 14.0. The van der Waals surface area contributed by atoms with E-state index in [0.29, 0.717) is 23.2 Å². The number of carbonyl (C=O) groups is 1. The lowest BCUT2D eigenvalue weighted by atomic mass is 9.98. The summed E-state index contributed by atoms with van der Waals surface area (Å²) in [6.07, 6.45) is -1.58. The van der Waals surface area contributed by atoms with Crippen LogP contribution in [-0.2, 0) is 13.0 Å². The molecule has 0 bridgehead atoms. The van der Waals surface area contributed by atoms with Crippen LogP contribution in [-0.4, -0.2) is 35.7 Å². The molecule has 0 radical (unpaired) electrons. The first-order valence-electron chi connectivity index (χ1n) is 11.5. The number of alkyl halides is 2. The summed E-state index contributed by atoms with van der Waals surface area (Å²) >= 11 is 0. The van der Waals surface area contributed by atoms with Crippen LogP contribution in [0.1, 0.15) is 61.3 Å². The lowest BCUT2D eigenvalue weighted by Gasteiger charge is -2.11. The average molecular weight is 481 g/mol. The number of hydrogen-bond donors (Lipinski definition) is 1. The third kappa shape index (κ3) is 4.82. The van der Waals surface area contributed by atoms with Gasteiger partial charge in [-0.05, 0) is 40.0 Å². The molecule has 35 heavy (non-hydrogen) atoms. The van der Waals surface area contributed by atoms with Gasteiger partial charge in [0, 0.05) is 17.7 Å². The number of hydrogen-bond acceptors (Lipinski definition) is 5. The second-order valence-corrected chi connectivity index (χ2v) is 8.22. The number of nitrogens with zero attached hydrogens (tertiary/aromatic N) is 5. The van der Waals surface area contributed by atoms with Crippen molar-refractivity contribution in [2.24, 2.45) is 0 Å². The minimum Gasteiger partial charge on any atom is -0.291 e. The van der Waals surface area contributed by atoms with E-state index >= 15 is 0 Å². The van der Waals surface area contributed by atoms with Crippen molar-refractivity contribution in [2.75, 3.05) is 0 Å². The van der Waals surface area contributed by atoms with Crippen LogP contribution < -0.4 is 5.69 Å². The van der Waals surface area contributed by atoms with Crippen LogP contribution in [0.5, 0.6) is 0 Å². The van der Waals surface area contributed by atoms with E-state index in [0.717, 1.165) is 22.3 Å². The van der Waals surface area contributed by atoms with Crippen molar-refractivity contribution in [1.29, 1.82) is 0 Å². The fraction of sp³-hybridized carbons (Fsp3) is 0.320. The van der Waals surface area contributed by atoms with Crippen LogP contribution in [0.3, 0.4) is 0 Å². The number of nitrogens with one attached hydrogen (secondary N) is 1. The van der Waals surface area contributed by atoms with Crippen LogP contribution >= 0.6 is 0 Å². The highest BCUT2D eigenvalue weighted by Crippen LogP contribution is 2.30. The largest absolute Gasteiger partial charge is 0.335 e. The van der Waals surface area contributed by atoms with Gasteiger partial charge < -0.3 is 0 Å². The van der Waals surface area contributed by atoms with Gasteiger partial charge in [0.05, 0.1) is 6.54 Å². The van der Waals surface area contributed by atoms with Crippen molar-refractivity contribution in [3.05, 3.63) is 76.0 Å². The van der Waals surface area contributed by atoms with Crippen molar-refractivity contribution in [3.63, 3.8) is 0 Å². The summed E-state index contributed by atoms with van der Waals surface area (Å²) in [5, 5.41) is 14.0. The van der Waals surface area contributed by atoms with E-state index in [1.54, 1.807) is 6.92 Å². The van der Waals surface area contributed by atoms with Gasteiger partial charge in [-0.15, -0.1) is 5.10 Å². The molecule has 10 heteroatoms. The molecule has 0 aliphatic heterocycles. The van der Waals surface area contributed by atoms with E-state index in [2.05, 4.69) is 20.6 Å². The van der Waals surface area contributed by atoms with E-state index < -0.39 is 23.7 Å². The molecule has 0 aliphatic rings. The van der Waals surface area contributed by atoms with Crippen molar-refractivity contribution in [1.82, 2.24) is 29.8 Å². The minimum atomic E-state index is -2.92. The predicted molar refractivity (Wildman–Crippen MR) is 127 cm³/mol. The first kappa shape index (κ1) is 24.2. The average Bonchev–Trinajstić information content (AvgIpc) is 3.48. The lowest BCUT2D eigenvalue weighted by molar-refractivity contribution is 0.0856. The molecule has 0 saturated heterocycles. The summed E-state index contributed by atoms with van der Waals surface area (Å²) < 4.78 is 30.0. The summed E-state index contributed by atoms with van der Waals surface area (Å²) in [5.41, 5.74) is 2.43. The third-order valence-electron chi connectivity index (χ3n) is 5.82. The molecule has 0 unspecified atom stereocenters. The molecule has 1 N–H and O–H groups in total. The molecule has 2 heterocycles. The number of imidazole rings is 1. The second kappa shape index (κ2) is 10.5. The van der Waals surface area contributed by atoms with Crippen molar-refractivity contribution in [3.8, 4) is 22.5 Å². The van der Waals surface area contributed by atoms with E-state index in [9.17, 15) is 18.4 Å². The van der Waals surface area contributed by atoms with Gasteiger partial charge >= 0.3 is 5.69 Å². The summed E-state index contributed by atoms with van der Waals surface area (Å²) in [6, 6.07) is 15.2. The van der Waals surface area contributed by atoms with E-state index in [4.69, 9.17) is 0 Å². The Morgan fingerprint density at radius 3 is 2.34 bits per heavy atom. The number of aromatic amines is 1. The molecule has 8 nitrogen and oxygen atoms in total. The molecule has 182 valence electrons. The molecule has 0 saturated carbocycles. The molecule has 0 fully saturated rings. The fourth-order valence-corrected chi connectivity index (χ4v) is 4.25. The van der Waals surface area contributed by atoms with Crippen molar-refractivity contribution < 1.29 is 13.6 Å². The maximum absolute atomic E-state index is 14.0. The van der Waals surface area contributed by atoms with Gasteiger partial charge in [0.2, 0.25) is 5.91 Å². The normalized spacial score (nSPS) is 11.3. The first-order valence-corrected chi connectivity index (χ1v) is 11.5. The van der Waals surface area contributed by atoms with Gasteiger partial charge in [-0.3, -0.25) is 9.36 Å². The number of rotatable bonds is 9. The molecule has 0 aliphatic carbocycles. The molecular formula is C25H26F2N6O2. The number of aromatic nitrogens is 6. The van der Waals surface area contributed by atoms with Crippen LogP contribution in [0.2, 0.25) is 0 Å². The van der Waals surface area contributed by atoms with Crippen LogP contribution in [0.25, 0.3) is 22.5 Å². The zero-order valence-electron chi connectivity index (χ0n) is 19.5. The van der Waals surface area contributed by atoms with E-state index in [1.807, 2.05) is 55.5 Å². The number of H-pyrrole nitrogens is 1. The summed E-state index contributed by atoms with van der Waals surface area (Å²) in [6.45, 7) is 3.72. The van der Waals surface area contributed by atoms with Crippen LogP contribution in [0, 0.1) is 0 Å². The SMILES string of the molecule is CCCC(=O)n1c(C(F)F)c(CCC)n(Cc2ccc(-c3ccccc3-c3nnn[nH]3)cc2)c1=O. The molecule has 0 atom stereocenters. The summed E-state index contributed by atoms with van der Waals surface area (Å²) in [7, 11) is 0. The Balaban J connectivity index is 1.71. The predicted octanol–water partition coefficient (Wildman–Crippen LogP) is 4.88. The monoisotopic (exact) mass is 480 g/mol. The zero-order chi connectivity index (χ0) is 24.9. The highest BCUT2D eigenvalue weighted by molar-refractivity contribution is 5.80. The van der Waals surface area contributed by atoms with Gasteiger partial charge in [-0.2, -0.15) is 0 Å². The Labute approximate surface area is 200 Å². The standard InChI is InChI=1S/C25H26F2N6O2/c1-3-7-20-22(23(26)27)33(21(34)8-4-2)25(35)32(20)15-16-11-13-17(14-12-16)18-9-5-6-10-19(18)24-28-30-31-29-24/h5-6,9-14,23H,3-4,7-8,15H2,1-2H3,(H,28,29,30,31). The van der Waals surface area contributed by atoms with Crippen LogP contribution in [0.15, 0.2) is 53.3 Å². The molecule has 2 aromatic heterocycles. The number of benzene rings is 2. The topological polar surface area (TPSA) is 98.5 Å². The quantitative estimate of drug-likeness (QED) is 0.368. The molecular weight excluding hydrogens is 454 g/mol. The number of halogens is 2.